The number of fused-ring (bicyclic) bond motifs is 1. The molecule has 0 saturated heterocycles. The smallest absolute Gasteiger partial charge is 0.220 e. The average molecular weight is 354 g/mol. The van der Waals surface area contributed by atoms with Gasteiger partial charge in [0.15, 0.2) is 0 Å². The number of carbonyl (C=O) groups is 1. The molecule has 0 saturated carbocycles. The van der Waals surface area contributed by atoms with Crippen molar-refractivity contribution in [3.8, 4) is 0 Å². The summed E-state index contributed by atoms with van der Waals surface area (Å²) in [4.78, 5) is 12.3. The molecule has 0 spiro atoms. The van der Waals surface area contributed by atoms with E-state index in [1.54, 1.807) is 0 Å². The normalized spacial score (nSPS) is 12.2. The second kappa shape index (κ2) is 11.7. The molecule has 2 rings (SSSR count). The molecular weight excluding hydrogens is 318 g/mol. The fourth-order valence-electron chi connectivity index (χ4n) is 3.62. The molecule has 0 aliphatic rings. The largest absolute Gasteiger partial charge is 0.350 e. The first-order valence-corrected chi connectivity index (χ1v) is 10.5. The van der Waals surface area contributed by atoms with Crippen LogP contribution in [0.25, 0.3) is 10.8 Å². The summed E-state index contributed by atoms with van der Waals surface area (Å²) in [5.41, 5.74) is 1.20. The van der Waals surface area contributed by atoms with Crippen molar-refractivity contribution in [2.45, 2.75) is 84.1 Å². The van der Waals surface area contributed by atoms with Crippen LogP contribution in [0, 0.1) is 0 Å². The maximum atomic E-state index is 12.3. The third-order valence-electron chi connectivity index (χ3n) is 5.17. The van der Waals surface area contributed by atoms with Crippen LogP contribution in [0.1, 0.15) is 89.7 Å². The molecule has 2 nitrogen and oxygen atoms in total. The summed E-state index contributed by atoms with van der Waals surface area (Å²) in [5, 5.41) is 5.63. The summed E-state index contributed by atoms with van der Waals surface area (Å²) in [5.74, 6) is 0.174. The van der Waals surface area contributed by atoms with E-state index in [1.165, 1.54) is 67.7 Å². The van der Waals surface area contributed by atoms with E-state index in [2.05, 4.69) is 61.6 Å². The van der Waals surface area contributed by atoms with Crippen LogP contribution in [0.2, 0.25) is 0 Å². The molecule has 0 unspecified atom stereocenters. The van der Waals surface area contributed by atoms with Gasteiger partial charge in [0.25, 0.3) is 0 Å². The van der Waals surface area contributed by atoms with Gasteiger partial charge in [-0.1, -0.05) is 101 Å². The topological polar surface area (TPSA) is 29.1 Å². The molecule has 0 heterocycles. The van der Waals surface area contributed by atoms with Crippen molar-refractivity contribution in [2.24, 2.45) is 0 Å². The molecule has 0 aromatic heterocycles. The molecule has 26 heavy (non-hydrogen) atoms. The number of nitrogens with one attached hydrogen (secondary N) is 1. The number of hydrogen-bond acceptors (Lipinski definition) is 1. The molecule has 0 aliphatic heterocycles. The van der Waals surface area contributed by atoms with Crippen LogP contribution in [0.15, 0.2) is 42.5 Å². The first-order chi connectivity index (χ1) is 12.7. The van der Waals surface area contributed by atoms with E-state index >= 15 is 0 Å². The van der Waals surface area contributed by atoms with Crippen molar-refractivity contribution >= 4 is 16.7 Å². The van der Waals surface area contributed by atoms with Gasteiger partial charge in [-0.2, -0.15) is 0 Å². The van der Waals surface area contributed by atoms with Gasteiger partial charge in [-0.25, -0.2) is 0 Å². The van der Waals surface area contributed by atoms with Crippen molar-refractivity contribution in [3.63, 3.8) is 0 Å². The molecule has 1 amide bonds. The Kier molecular flexibility index (Phi) is 9.23. The second-order valence-electron chi connectivity index (χ2n) is 7.44. The van der Waals surface area contributed by atoms with Gasteiger partial charge in [0.2, 0.25) is 5.91 Å². The van der Waals surface area contributed by atoms with E-state index in [-0.39, 0.29) is 11.9 Å². The van der Waals surface area contributed by atoms with Crippen molar-refractivity contribution in [1.29, 1.82) is 0 Å². The highest BCUT2D eigenvalue weighted by molar-refractivity contribution is 5.86. The minimum Gasteiger partial charge on any atom is -0.350 e. The summed E-state index contributed by atoms with van der Waals surface area (Å²) in [6, 6.07) is 14.7. The van der Waals surface area contributed by atoms with Gasteiger partial charge in [-0.15, -0.1) is 0 Å². The standard InChI is InChI=1S/C24H35NO/c1-3-4-5-6-7-8-9-10-11-19-24(26)25-20(2)22-18-14-16-21-15-12-13-17-23(21)22/h12-18,20H,3-11,19H2,1-2H3,(H,25,26)/t20-/m1/s1. The average Bonchev–Trinajstić information content (AvgIpc) is 2.66. The molecule has 0 aliphatic carbocycles. The lowest BCUT2D eigenvalue weighted by Gasteiger charge is -2.16. The lowest BCUT2D eigenvalue weighted by molar-refractivity contribution is -0.121. The Morgan fingerprint density at radius 2 is 1.46 bits per heavy atom. The fraction of sp³-hybridized carbons (Fsp3) is 0.542. The van der Waals surface area contributed by atoms with Crippen molar-refractivity contribution < 1.29 is 4.79 Å². The number of hydrogen-bond donors (Lipinski definition) is 1. The third kappa shape index (κ3) is 6.82. The number of unbranched alkanes of at least 4 members (excludes halogenated alkanes) is 8. The number of amides is 1. The predicted molar refractivity (Wildman–Crippen MR) is 112 cm³/mol. The van der Waals surface area contributed by atoms with Gasteiger partial charge >= 0.3 is 0 Å². The van der Waals surface area contributed by atoms with E-state index in [1.807, 2.05) is 0 Å². The fourth-order valence-corrected chi connectivity index (χ4v) is 3.62. The summed E-state index contributed by atoms with van der Waals surface area (Å²) in [6.45, 7) is 4.34. The van der Waals surface area contributed by atoms with Crippen LogP contribution in [0.5, 0.6) is 0 Å². The highest BCUT2D eigenvalue weighted by atomic mass is 16.1. The minimum atomic E-state index is 0.0483. The van der Waals surface area contributed by atoms with E-state index in [0.29, 0.717) is 6.42 Å². The van der Waals surface area contributed by atoms with Crippen LogP contribution in [0.4, 0.5) is 0 Å². The molecule has 2 aromatic rings. The lowest BCUT2D eigenvalue weighted by atomic mass is 9.99. The highest BCUT2D eigenvalue weighted by Gasteiger charge is 2.11. The molecule has 0 radical (unpaired) electrons. The maximum Gasteiger partial charge on any atom is 0.220 e. The Balaban J connectivity index is 1.66. The van der Waals surface area contributed by atoms with Crippen molar-refractivity contribution in [2.75, 3.05) is 0 Å². The Bertz CT molecular complexity index is 659. The zero-order valence-electron chi connectivity index (χ0n) is 16.6. The predicted octanol–water partition coefficient (Wildman–Crippen LogP) is 6.94. The molecule has 2 aromatic carbocycles. The summed E-state index contributed by atoms with van der Waals surface area (Å²) in [7, 11) is 0. The minimum absolute atomic E-state index is 0.0483. The Morgan fingerprint density at radius 3 is 2.19 bits per heavy atom. The SMILES string of the molecule is CCCCCCCCCCCC(=O)N[C@H](C)c1cccc2ccccc12. The monoisotopic (exact) mass is 353 g/mol. The maximum absolute atomic E-state index is 12.3. The van der Waals surface area contributed by atoms with E-state index in [0.717, 1.165) is 6.42 Å². The molecule has 142 valence electrons. The molecule has 1 N–H and O–H groups in total. The van der Waals surface area contributed by atoms with Gasteiger partial charge in [-0.05, 0) is 29.7 Å². The van der Waals surface area contributed by atoms with Crippen LogP contribution in [-0.2, 0) is 4.79 Å². The highest BCUT2D eigenvalue weighted by Crippen LogP contribution is 2.24. The van der Waals surface area contributed by atoms with Crippen LogP contribution in [-0.4, -0.2) is 5.91 Å². The van der Waals surface area contributed by atoms with Gasteiger partial charge < -0.3 is 5.32 Å². The summed E-state index contributed by atoms with van der Waals surface area (Å²) >= 11 is 0. The zero-order chi connectivity index (χ0) is 18.6. The van der Waals surface area contributed by atoms with E-state index < -0.39 is 0 Å². The third-order valence-corrected chi connectivity index (χ3v) is 5.17. The van der Waals surface area contributed by atoms with Crippen LogP contribution < -0.4 is 5.32 Å². The number of carbonyl (C=O) groups excluding carboxylic acids is 1. The number of rotatable bonds is 12. The van der Waals surface area contributed by atoms with Gasteiger partial charge in [-0.3, -0.25) is 4.79 Å². The first kappa shape index (κ1) is 20.5. The molecular formula is C24H35NO. The quantitative estimate of drug-likeness (QED) is 0.411. The summed E-state index contributed by atoms with van der Waals surface area (Å²) < 4.78 is 0. The Labute approximate surface area is 159 Å². The van der Waals surface area contributed by atoms with Crippen LogP contribution >= 0.6 is 0 Å². The first-order valence-electron chi connectivity index (χ1n) is 10.5. The molecule has 2 heteroatoms. The van der Waals surface area contributed by atoms with Crippen LogP contribution in [0.3, 0.4) is 0 Å². The van der Waals surface area contributed by atoms with E-state index in [4.69, 9.17) is 0 Å². The summed E-state index contributed by atoms with van der Waals surface area (Å²) in [6.07, 6.45) is 12.2. The van der Waals surface area contributed by atoms with Gasteiger partial charge in [0.1, 0.15) is 0 Å². The van der Waals surface area contributed by atoms with Gasteiger partial charge in [0, 0.05) is 6.42 Å². The van der Waals surface area contributed by atoms with Crippen molar-refractivity contribution in [3.05, 3.63) is 48.0 Å². The van der Waals surface area contributed by atoms with Crippen molar-refractivity contribution in [1.82, 2.24) is 5.32 Å². The van der Waals surface area contributed by atoms with Gasteiger partial charge in [0.05, 0.1) is 6.04 Å². The zero-order valence-corrected chi connectivity index (χ0v) is 16.6. The molecule has 0 bridgehead atoms. The molecule has 0 fully saturated rings. The second-order valence-corrected chi connectivity index (χ2v) is 7.44. The number of benzene rings is 2. The lowest BCUT2D eigenvalue weighted by Crippen LogP contribution is -2.26. The van der Waals surface area contributed by atoms with E-state index in [9.17, 15) is 4.79 Å². The molecule has 1 atom stereocenters. The Hall–Kier alpha value is -1.83. The Morgan fingerprint density at radius 1 is 0.846 bits per heavy atom.